The Balaban J connectivity index is 2.07. The van der Waals surface area contributed by atoms with Crippen LogP contribution in [0.5, 0.6) is 0 Å². The van der Waals surface area contributed by atoms with Gasteiger partial charge in [-0.15, -0.1) is 0 Å². The molecule has 1 fully saturated rings. The van der Waals surface area contributed by atoms with Gasteiger partial charge in [0.05, 0.1) is 25.9 Å². The second-order valence-corrected chi connectivity index (χ2v) is 4.90. The summed E-state index contributed by atoms with van der Waals surface area (Å²) in [5, 5.41) is 0. The molecule has 2 atom stereocenters. The van der Waals surface area contributed by atoms with E-state index in [1.807, 2.05) is 24.3 Å². The van der Waals surface area contributed by atoms with Crippen molar-refractivity contribution in [3.05, 3.63) is 41.5 Å². The van der Waals surface area contributed by atoms with E-state index in [9.17, 15) is 4.79 Å². The third kappa shape index (κ3) is 4.99. The predicted molar refractivity (Wildman–Crippen MR) is 80.8 cm³/mol. The predicted octanol–water partition coefficient (Wildman–Crippen LogP) is 3.13. The van der Waals surface area contributed by atoms with Gasteiger partial charge in [0, 0.05) is 6.08 Å². The van der Waals surface area contributed by atoms with E-state index in [2.05, 4.69) is 6.92 Å². The van der Waals surface area contributed by atoms with Gasteiger partial charge >= 0.3 is 5.97 Å². The van der Waals surface area contributed by atoms with E-state index in [0.29, 0.717) is 13.2 Å². The normalized spacial score (nSPS) is 18.7. The first-order chi connectivity index (χ1) is 10.2. The Labute approximate surface area is 125 Å². The molecule has 4 heteroatoms. The fourth-order valence-electron chi connectivity index (χ4n) is 2.12. The summed E-state index contributed by atoms with van der Waals surface area (Å²) in [6.07, 6.45) is 4.38. The highest BCUT2D eigenvalue weighted by atomic mass is 16.6. The molecule has 21 heavy (non-hydrogen) atoms. The van der Waals surface area contributed by atoms with Gasteiger partial charge in [-0.05, 0) is 30.5 Å². The molecule has 0 radical (unpaired) electrons. The standard InChI is InChI=1S/C17H22O4/c1-3-16(21-12-14-11-20-14)15-8-6-5-7-13(15)9-10-17(18)19-4-2/h5-10,14,16H,3-4,11-12H2,1-2H3/b10-9+/t14-,16?/m1/s1. The fraction of sp³-hybridized carbons (Fsp3) is 0.471. The molecule has 1 aliphatic heterocycles. The molecule has 2 rings (SSSR count). The van der Waals surface area contributed by atoms with Gasteiger partial charge in [0.25, 0.3) is 0 Å². The Morgan fingerprint density at radius 1 is 1.43 bits per heavy atom. The minimum absolute atomic E-state index is 0.0113. The van der Waals surface area contributed by atoms with Crippen LogP contribution in [0.2, 0.25) is 0 Å². The zero-order valence-electron chi connectivity index (χ0n) is 12.6. The molecule has 0 N–H and O–H groups in total. The molecule has 1 aliphatic rings. The summed E-state index contributed by atoms with van der Waals surface area (Å²) in [4.78, 5) is 11.4. The summed E-state index contributed by atoms with van der Waals surface area (Å²) in [5.74, 6) is -0.326. The first-order valence-electron chi connectivity index (χ1n) is 7.41. The van der Waals surface area contributed by atoms with Crippen molar-refractivity contribution in [1.82, 2.24) is 0 Å². The summed E-state index contributed by atoms with van der Waals surface area (Å²) >= 11 is 0. The summed E-state index contributed by atoms with van der Waals surface area (Å²) in [7, 11) is 0. The number of ether oxygens (including phenoxy) is 3. The third-order valence-corrected chi connectivity index (χ3v) is 3.28. The van der Waals surface area contributed by atoms with Gasteiger partial charge in [0.1, 0.15) is 6.10 Å². The monoisotopic (exact) mass is 290 g/mol. The van der Waals surface area contributed by atoms with E-state index in [4.69, 9.17) is 14.2 Å². The van der Waals surface area contributed by atoms with Gasteiger partial charge in [-0.1, -0.05) is 31.2 Å². The fourth-order valence-corrected chi connectivity index (χ4v) is 2.12. The number of rotatable bonds is 8. The molecule has 4 nitrogen and oxygen atoms in total. The molecular weight excluding hydrogens is 268 g/mol. The summed E-state index contributed by atoms with van der Waals surface area (Å²) in [6.45, 7) is 5.67. The van der Waals surface area contributed by atoms with E-state index in [-0.39, 0.29) is 18.2 Å². The van der Waals surface area contributed by atoms with E-state index >= 15 is 0 Å². The van der Waals surface area contributed by atoms with Gasteiger partial charge in [0.2, 0.25) is 0 Å². The van der Waals surface area contributed by atoms with E-state index in [1.54, 1.807) is 13.0 Å². The number of esters is 1. The van der Waals surface area contributed by atoms with Crippen molar-refractivity contribution in [2.24, 2.45) is 0 Å². The Morgan fingerprint density at radius 2 is 2.19 bits per heavy atom. The Hall–Kier alpha value is -1.65. The van der Waals surface area contributed by atoms with Crippen LogP contribution >= 0.6 is 0 Å². The Bertz CT molecular complexity index is 491. The maximum atomic E-state index is 11.4. The van der Waals surface area contributed by atoms with Crippen molar-refractivity contribution in [2.75, 3.05) is 19.8 Å². The van der Waals surface area contributed by atoms with Crippen LogP contribution in [0, 0.1) is 0 Å². The maximum Gasteiger partial charge on any atom is 0.330 e. The quantitative estimate of drug-likeness (QED) is 0.419. The number of carbonyl (C=O) groups excluding carboxylic acids is 1. The van der Waals surface area contributed by atoms with Gasteiger partial charge in [-0.2, -0.15) is 0 Å². The summed E-state index contributed by atoms with van der Waals surface area (Å²) in [5.41, 5.74) is 2.07. The SMILES string of the molecule is CCOC(=O)/C=C/c1ccccc1C(CC)OC[C@H]1CO1. The largest absolute Gasteiger partial charge is 0.463 e. The minimum Gasteiger partial charge on any atom is -0.463 e. The number of epoxide rings is 1. The lowest BCUT2D eigenvalue weighted by atomic mass is 10.00. The molecule has 0 spiro atoms. The smallest absolute Gasteiger partial charge is 0.330 e. The highest BCUT2D eigenvalue weighted by molar-refractivity contribution is 5.87. The third-order valence-electron chi connectivity index (χ3n) is 3.28. The number of carbonyl (C=O) groups is 1. The Morgan fingerprint density at radius 3 is 2.86 bits per heavy atom. The molecular formula is C17H22O4. The molecule has 0 saturated carbocycles. The van der Waals surface area contributed by atoms with Crippen LogP contribution in [-0.2, 0) is 19.0 Å². The van der Waals surface area contributed by atoms with Crippen molar-refractivity contribution in [2.45, 2.75) is 32.5 Å². The molecule has 114 valence electrons. The van der Waals surface area contributed by atoms with E-state index < -0.39 is 0 Å². The van der Waals surface area contributed by atoms with E-state index in [0.717, 1.165) is 24.2 Å². The maximum absolute atomic E-state index is 11.4. The average molecular weight is 290 g/mol. The van der Waals surface area contributed by atoms with Crippen molar-refractivity contribution in [3.63, 3.8) is 0 Å². The van der Waals surface area contributed by atoms with Gasteiger partial charge in [-0.25, -0.2) is 4.79 Å². The summed E-state index contributed by atoms with van der Waals surface area (Å²) < 4.78 is 16.0. The molecule has 1 saturated heterocycles. The number of hydrogen-bond acceptors (Lipinski definition) is 4. The number of benzene rings is 1. The van der Waals surface area contributed by atoms with Crippen LogP contribution in [0.1, 0.15) is 37.5 Å². The molecule has 0 aromatic heterocycles. The second-order valence-electron chi connectivity index (χ2n) is 4.90. The molecule has 1 aromatic rings. The van der Waals surface area contributed by atoms with E-state index in [1.165, 1.54) is 6.08 Å². The first kappa shape index (κ1) is 15.7. The zero-order chi connectivity index (χ0) is 15.1. The lowest BCUT2D eigenvalue weighted by molar-refractivity contribution is -0.137. The zero-order valence-corrected chi connectivity index (χ0v) is 12.6. The molecule has 1 unspecified atom stereocenters. The van der Waals surface area contributed by atoms with Crippen LogP contribution in [0.15, 0.2) is 30.3 Å². The van der Waals surface area contributed by atoms with Crippen LogP contribution in [0.25, 0.3) is 6.08 Å². The minimum atomic E-state index is -0.326. The second kappa shape index (κ2) is 7.96. The lowest BCUT2D eigenvalue weighted by Crippen LogP contribution is -2.09. The highest BCUT2D eigenvalue weighted by Gasteiger charge is 2.24. The van der Waals surface area contributed by atoms with Crippen molar-refractivity contribution in [3.8, 4) is 0 Å². The molecule has 1 heterocycles. The van der Waals surface area contributed by atoms with Crippen molar-refractivity contribution >= 4 is 12.0 Å². The summed E-state index contributed by atoms with van der Waals surface area (Å²) in [6, 6.07) is 7.94. The molecule has 0 bridgehead atoms. The Kier molecular flexibility index (Phi) is 5.96. The van der Waals surface area contributed by atoms with Gasteiger partial charge in [0.15, 0.2) is 0 Å². The van der Waals surface area contributed by atoms with Crippen LogP contribution in [-0.4, -0.2) is 31.9 Å². The van der Waals surface area contributed by atoms with Gasteiger partial charge in [-0.3, -0.25) is 0 Å². The molecule has 1 aromatic carbocycles. The average Bonchev–Trinajstić information content (AvgIpc) is 3.31. The van der Waals surface area contributed by atoms with Crippen LogP contribution in [0.3, 0.4) is 0 Å². The van der Waals surface area contributed by atoms with Gasteiger partial charge < -0.3 is 14.2 Å². The topological polar surface area (TPSA) is 48.1 Å². The molecule has 0 aliphatic carbocycles. The van der Waals surface area contributed by atoms with Crippen LogP contribution < -0.4 is 0 Å². The molecule has 0 amide bonds. The van der Waals surface area contributed by atoms with Crippen LogP contribution in [0.4, 0.5) is 0 Å². The van der Waals surface area contributed by atoms with Crippen molar-refractivity contribution < 1.29 is 19.0 Å². The first-order valence-corrected chi connectivity index (χ1v) is 7.41. The lowest BCUT2D eigenvalue weighted by Gasteiger charge is -2.18. The highest BCUT2D eigenvalue weighted by Crippen LogP contribution is 2.27. The number of hydrogen-bond donors (Lipinski definition) is 0. The van der Waals surface area contributed by atoms with Crippen molar-refractivity contribution in [1.29, 1.82) is 0 Å².